The van der Waals surface area contributed by atoms with E-state index in [1.54, 1.807) is 6.33 Å². The van der Waals surface area contributed by atoms with Crippen molar-refractivity contribution >= 4 is 16.9 Å². The predicted octanol–water partition coefficient (Wildman–Crippen LogP) is 3.32. The molecule has 0 bridgehead atoms. The molecule has 0 radical (unpaired) electrons. The van der Waals surface area contributed by atoms with Gasteiger partial charge in [-0.15, -0.1) is 0 Å². The Balaban J connectivity index is 1.44. The summed E-state index contributed by atoms with van der Waals surface area (Å²) < 4.78 is 0. The standard InChI is InChI=1S/C19H27N5/c1-13-9-14(2)23-19-17(13)18(21-12-22-19)20-10-15-7-8-24(11-15)16-5-3-4-6-16/h9,12,15-16H,3-8,10-11H2,1-2H3,(H,20,21,22,23). The minimum atomic E-state index is 0.717. The van der Waals surface area contributed by atoms with Crippen LogP contribution >= 0.6 is 0 Å². The van der Waals surface area contributed by atoms with E-state index in [0.717, 1.165) is 35.1 Å². The van der Waals surface area contributed by atoms with Crippen LogP contribution in [-0.4, -0.2) is 45.5 Å². The number of rotatable bonds is 4. The van der Waals surface area contributed by atoms with Gasteiger partial charge in [0.05, 0.1) is 5.39 Å². The summed E-state index contributed by atoms with van der Waals surface area (Å²) >= 11 is 0. The lowest BCUT2D eigenvalue weighted by Crippen LogP contribution is -2.31. The fourth-order valence-electron chi connectivity index (χ4n) is 4.41. The molecule has 2 aromatic rings. The van der Waals surface area contributed by atoms with Crippen LogP contribution in [-0.2, 0) is 0 Å². The van der Waals surface area contributed by atoms with Crippen molar-refractivity contribution in [1.82, 2.24) is 19.9 Å². The molecule has 2 aromatic heterocycles. The van der Waals surface area contributed by atoms with Crippen molar-refractivity contribution in [1.29, 1.82) is 0 Å². The van der Waals surface area contributed by atoms with Gasteiger partial charge in [0.2, 0.25) is 0 Å². The van der Waals surface area contributed by atoms with E-state index in [2.05, 4.69) is 38.2 Å². The van der Waals surface area contributed by atoms with Crippen LogP contribution in [0.2, 0.25) is 0 Å². The number of fused-ring (bicyclic) bond motifs is 1. The molecule has 5 heteroatoms. The van der Waals surface area contributed by atoms with Gasteiger partial charge in [0.25, 0.3) is 0 Å². The van der Waals surface area contributed by atoms with Gasteiger partial charge in [-0.3, -0.25) is 0 Å². The molecule has 1 unspecified atom stereocenters. The van der Waals surface area contributed by atoms with E-state index in [0.29, 0.717) is 5.92 Å². The highest BCUT2D eigenvalue weighted by Crippen LogP contribution is 2.29. The van der Waals surface area contributed by atoms with Crippen molar-refractivity contribution in [2.24, 2.45) is 5.92 Å². The summed E-state index contributed by atoms with van der Waals surface area (Å²) in [6.07, 6.45) is 8.56. The third-order valence-electron chi connectivity index (χ3n) is 5.65. The summed E-state index contributed by atoms with van der Waals surface area (Å²) in [7, 11) is 0. The zero-order valence-corrected chi connectivity index (χ0v) is 14.8. The maximum atomic E-state index is 4.54. The molecule has 128 valence electrons. The van der Waals surface area contributed by atoms with Crippen molar-refractivity contribution in [2.75, 3.05) is 25.0 Å². The Morgan fingerprint density at radius 2 is 2.00 bits per heavy atom. The van der Waals surface area contributed by atoms with Crippen molar-refractivity contribution in [3.8, 4) is 0 Å². The lowest BCUT2D eigenvalue weighted by atomic mass is 10.1. The number of hydrogen-bond acceptors (Lipinski definition) is 5. The average molecular weight is 325 g/mol. The number of aryl methyl sites for hydroxylation is 2. The second-order valence-electron chi connectivity index (χ2n) is 7.47. The molecule has 1 saturated carbocycles. The Hall–Kier alpha value is -1.75. The lowest BCUT2D eigenvalue weighted by Gasteiger charge is -2.23. The van der Waals surface area contributed by atoms with Gasteiger partial charge in [-0.1, -0.05) is 12.8 Å². The maximum absolute atomic E-state index is 4.54. The SMILES string of the molecule is Cc1cc(C)c2c(NCC3CCN(C4CCCC4)C3)ncnc2n1. The molecular formula is C19H27N5. The van der Waals surface area contributed by atoms with Gasteiger partial charge in [0.15, 0.2) is 5.65 Å². The lowest BCUT2D eigenvalue weighted by molar-refractivity contribution is 0.238. The molecule has 4 rings (SSSR count). The van der Waals surface area contributed by atoms with Crippen molar-refractivity contribution < 1.29 is 0 Å². The van der Waals surface area contributed by atoms with E-state index in [9.17, 15) is 0 Å². The number of anilines is 1. The number of nitrogens with one attached hydrogen (secondary N) is 1. The molecule has 3 heterocycles. The molecule has 5 nitrogen and oxygen atoms in total. The van der Waals surface area contributed by atoms with E-state index < -0.39 is 0 Å². The quantitative estimate of drug-likeness (QED) is 0.934. The second-order valence-corrected chi connectivity index (χ2v) is 7.47. The first-order chi connectivity index (χ1) is 11.7. The molecule has 1 atom stereocenters. The molecule has 0 aromatic carbocycles. The molecule has 2 fully saturated rings. The van der Waals surface area contributed by atoms with Crippen LogP contribution in [0.25, 0.3) is 11.0 Å². The fourth-order valence-corrected chi connectivity index (χ4v) is 4.41. The van der Waals surface area contributed by atoms with Crippen LogP contribution < -0.4 is 5.32 Å². The van der Waals surface area contributed by atoms with Gasteiger partial charge in [-0.2, -0.15) is 0 Å². The van der Waals surface area contributed by atoms with Gasteiger partial charge in [-0.05, 0) is 57.2 Å². The second kappa shape index (κ2) is 6.63. The smallest absolute Gasteiger partial charge is 0.165 e. The van der Waals surface area contributed by atoms with Crippen LogP contribution in [0.4, 0.5) is 5.82 Å². The summed E-state index contributed by atoms with van der Waals surface area (Å²) in [6.45, 7) is 7.61. The molecule has 0 spiro atoms. The molecule has 24 heavy (non-hydrogen) atoms. The Morgan fingerprint density at radius 3 is 2.83 bits per heavy atom. The Labute approximate surface area is 143 Å². The first-order valence-electron chi connectivity index (χ1n) is 9.27. The van der Waals surface area contributed by atoms with Gasteiger partial charge in [0, 0.05) is 24.8 Å². The highest BCUT2D eigenvalue weighted by Gasteiger charge is 2.29. The molecule has 0 amide bonds. The van der Waals surface area contributed by atoms with E-state index in [4.69, 9.17) is 0 Å². The molecule has 1 N–H and O–H groups in total. The van der Waals surface area contributed by atoms with E-state index in [-0.39, 0.29) is 0 Å². The Bertz CT molecular complexity index is 723. The van der Waals surface area contributed by atoms with Gasteiger partial charge in [-0.25, -0.2) is 15.0 Å². The highest BCUT2D eigenvalue weighted by molar-refractivity contribution is 5.89. The zero-order chi connectivity index (χ0) is 16.5. The third-order valence-corrected chi connectivity index (χ3v) is 5.65. The van der Waals surface area contributed by atoms with Crippen LogP contribution in [0.3, 0.4) is 0 Å². The minimum Gasteiger partial charge on any atom is -0.369 e. The fraction of sp³-hybridized carbons (Fsp3) is 0.632. The topological polar surface area (TPSA) is 53.9 Å². The van der Waals surface area contributed by atoms with Gasteiger partial charge < -0.3 is 10.2 Å². The molecular weight excluding hydrogens is 298 g/mol. The Kier molecular flexibility index (Phi) is 4.35. The monoisotopic (exact) mass is 325 g/mol. The minimum absolute atomic E-state index is 0.717. The largest absolute Gasteiger partial charge is 0.369 e. The number of hydrogen-bond donors (Lipinski definition) is 1. The number of aromatic nitrogens is 3. The molecule has 1 saturated heterocycles. The van der Waals surface area contributed by atoms with Crippen LogP contribution in [0.1, 0.15) is 43.4 Å². The molecule has 2 aliphatic rings. The average Bonchev–Trinajstić information content (AvgIpc) is 3.23. The van der Waals surface area contributed by atoms with Gasteiger partial charge >= 0.3 is 0 Å². The zero-order valence-electron chi connectivity index (χ0n) is 14.8. The molecule has 1 aliphatic heterocycles. The van der Waals surface area contributed by atoms with Crippen molar-refractivity contribution in [3.05, 3.63) is 23.7 Å². The normalized spacial score (nSPS) is 22.5. The highest BCUT2D eigenvalue weighted by atomic mass is 15.2. The van der Waals surface area contributed by atoms with E-state index in [1.165, 1.54) is 50.8 Å². The maximum Gasteiger partial charge on any atom is 0.165 e. The predicted molar refractivity (Wildman–Crippen MR) is 97.2 cm³/mol. The molecule has 1 aliphatic carbocycles. The van der Waals surface area contributed by atoms with Crippen LogP contribution in [0.5, 0.6) is 0 Å². The summed E-state index contributed by atoms with van der Waals surface area (Å²) in [5.41, 5.74) is 3.00. The van der Waals surface area contributed by atoms with E-state index in [1.807, 2.05) is 6.92 Å². The van der Waals surface area contributed by atoms with Crippen molar-refractivity contribution in [3.63, 3.8) is 0 Å². The van der Waals surface area contributed by atoms with Crippen LogP contribution in [0, 0.1) is 19.8 Å². The summed E-state index contributed by atoms with van der Waals surface area (Å²) in [5.74, 6) is 1.65. The summed E-state index contributed by atoms with van der Waals surface area (Å²) in [6, 6.07) is 2.96. The van der Waals surface area contributed by atoms with Crippen molar-refractivity contribution in [2.45, 2.75) is 52.0 Å². The number of nitrogens with zero attached hydrogens (tertiary/aromatic N) is 4. The summed E-state index contributed by atoms with van der Waals surface area (Å²) in [5, 5.41) is 4.65. The van der Waals surface area contributed by atoms with E-state index >= 15 is 0 Å². The number of likely N-dealkylation sites (tertiary alicyclic amines) is 1. The van der Waals surface area contributed by atoms with Gasteiger partial charge in [0.1, 0.15) is 12.1 Å². The third kappa shape index (κ3) is 3.09. The summed E-state index contributed by atoms with van der Waals surface area (Å²) in [4.78, 5) is 16.1. The van der Waals surface area contributed by atoms with Crippen LogP contribution in [0.15, 0.2) is 12.4 Å². The first-order valence-corrected chi connectivity index (χ1v) is 9.27. The first kappa shape index (κ1) is 15.8. The Morgan fingerprint density at radius 1 is 1.17 bits per heavy atom. The number of pyridine rings is 1.